The highest BCUT2D eigenvalue weighted by Gasteiger charge is 2.41. The molecule has 1 amide bonds. The number of amides is 1. The molecule has 0 saturated carbocycles. The van der Waals surface area contributed by atoms with Gasteiger partial charge >= 0.3 is 6.09 Å². The van der Waals surface area contributed by atoms with Crippen molar-refractivity contribution < 1.29 is 14.0 Å². The lowest BCUT2D eigenvalue weighted by atomic mass is 9.97. The molecule has 1 N–H and O–H groups in total. The van der Waals surface area contributed by atoms with Crippen molar-refractivity contribution in [3.05, 3.63) is 0 Å². The zero-order chi connectivity index (χ0) is 21.0. The average molecular weight is 401 g/mol. The van der Waals surface area contributed by atoms with Gasteiger partial charge in [0.25, 0.3) is 0 Å². The van der Waals surface area contributed by atoms with Gasteiger partial charge in [-0.15, -0.1) is 0 Å². The van der Waals surface area contributed by atoms with Gasteiger partial charge < -0.3 is 19.4 Å². The number of likely N-dealkylation sites (tertiary alicyclic amines) is 1. The Morgan fingerprint density at radius 1 is 1.11 bits per heavy atom. The zero-order valence-electron chi connectivity index (χ0n) is 19.4. The van der Waals surface area contributed by atoms with Gasteiger partial charge in [-0.25, -0.2) is 4.79 Å². The number of nitrogens with one attached hydrogen (secondary N) is 1. The van der Waals surface area contributed by atoms with Crippen molar-refractivity contribution in [2.45, 2.75) is 79.1 Å². The molecular weight excluding hydrogens is 356 g/mol. The highest BCUT2D eigenvalue weighted by atomic mass is 28.4. The molecule has 0 aromatic carbocycles. The third-order valence-corrected chi connectivity index (χ3v) is 10.2. The molecule has 1 heterocycles. The molecule has 0 spiro atoms. The Hall–Kier alpha value is -0.593. The maximum Gasteiger partial charge on any atom is 0.410 e. The van der Waals surface area contributed by atoms with E-state index < -0.39 is 13.9 Å². The van der Waals surface area contributed by atoms with Crippen LogP contribution in [-0.4, -0.2) is 57.7 Å². The molecule has 5 nitrogen and oxygen atoms in total. The van der Waals surface area contributed by atoms with Crippen LogP contribution in [0.25, 0.3) is 0 Å². The number of nitrogens with zero attached hydrogens (tertiary/aromatic N) is 1. The van der Waals surface area contributed by atoms with Crippen LogP contribution in [0.3, 0.4) is 0 Å². The van der Waals surface area contributed by atoms with Gasteiger partial charge in [0.15, 0.2) is 8.32 Å². The van der Waals surface area contributed by atoms with Gasteiger partial charge in [0.1, 0.15) is 5.60 Å². The number of ether oxygens (including phenoxy) is 1. The number of hydrogen-bond donors (Lipinski definition) is 1. The Labute approximate surface area is 168 Å². The lowest BCUT2D eigenvalue weighted by Crippen LogP contribution is -2.43. The molecule has 160 valence electrons. The van der Waals surface area contributed by atoms with E-state index in [1.807, 2.05) is 25.7 Å². The van der Waals surface area contributed by atoms with Gasteiger partial charge in [-0.2, -0.15) is 0 Å². The van der Waals surface area contributed by atoms with E-state index in [0.29, 0.717) is 17.8 Å². The fourth-order valence-corrected chi connectivity index (χ4v) is 3.99. The molecule has 1 fully saturated rings. The molecule has 1 aliphatic rings. The third kappa shape index (κ3) is 8.12. The van der Waals surface area contributed by atoms with E-state index in [4.69, 9.17) is 9.16 Å². The van der Waals surface area contributed by atoms with Gasteiger partial charge in [-0.05, 0) is 57.3 Å². The van der Waals surface area contributed by atoms with Gasteiger partial charge in [0.2, 0.25) is 0 Å². The summed E-state index contributed by atoms with van der Waals surface area (Å²) in [5, 5.41) is 3.77. The second kappa shape index (κ2) is 9.27. The Morgan fingerprint density at radius 3 is 2.15 bits per heavy atom. The molecular formula is C21H44N2O3Si. The van der Waals surface area contributed by atoms with Gasteiger partial charge in [0.05, 0.1) is 0 Å². The van der Waals surface area contributed by atoms with Gasteiger partial charge in [0, 0.05) is 32.2 Å². The molecule has 6 heteroatoms. The lowest BCUT2D eigenvalue weighted by Gasteiger charge is -2.37. The predicted molar refractivity (Wildman–Crippen MR) is 116 cm³/mol. The smallest absolute Gasteiger partial charge is 0.410 e. The fourth-order valence-electron chi connectivity index (χ4n) is 2.92. The third-order valence-electron chi connectivity index (χ3n) is 5.65. The molecule has 0 unspecified atom stereocenters. The highest BCUT2D eigenvalue weighted by molar-refractivity contribution is 6.74. The first-order valence-electron chi connectivity index (χ1n) is 10.4. The highest BCUT2D eigenvalue weighted by Crippen LogP contribution is 2.37. The van der Waals surface area contributed by atoms with E-state index in [0.717, 1.165) is 32.8 Å². The summed E-state index contributed by atoms with van der Waals surface area (Å²) in [6, 6.07) is 0. The summed E-state index contributed by atoms with van der Waals surface area (Å²) in [5.74, 6) is 1.38. The summed E-state index contributed by atoms with van der Waals surface area (Å²) in [5.41, 5.74) is -0.460. The minimum absolute atomic E-state index is 0.196. The van der Waals surface area contributed by atoms with Gasteiger partial charge in [-0.1, -0.05) is 34.6 Å². The van der Waals surface area contributed by atoms with Crippen LogP contribution in [0.4, 0.5) is 4.79 Å². The first kappa shape index (κ1) is 24.4. The molecule has 0 bridgehead atoms. The molecule has 27 heavy (non-hydrogen) atoms. The van der Waals surface area contributed by atoms with Gasteiger partial charge in [-0.3, -0.25) is 0 Å². The van der Waals surface area contributed by atoms with E-state index in [2.05, 4.69) is 53.0 Å². The molecule has 1 rings (SSSR count). The topological polar surface area (TPSA) is 50.8 Å². The maximum atomic E-state index is 12.5. The van der Waals surface area contributed by atoms with Crippen molar-refractivity contribution in [3.8, 4) is 0 Å². The minimum Gasteiger partial charge on any atom is -0.444 e. The second-order valence-electron chi connectivity index (χ2n) is 11.0. The number of carbonyl (C=O) groups excluding carboxylic acids is 1. The fraction of sp³-hybridized carbons (Fsp3) is 0.952. The molecule has 0 aromatic heterocycles. The molecule has 0 aliphatic carbocycles. The predicted octanol–water partition coefficient (Wildman–Crippen LogP) is 4.74. The molecule has 1 aliphatic heterocycles. The summed E-state index contributed by atoms with van der Waals surface area (Å²) >= 11 is 0. The molecule has 1 saturated heterocycles. The van der Waals surface area contributed by atoms with Crippen molar-refractivity contribution in [1.29, 1.82) is 0 Å². The first-order chi connectivity index (χ1) is 12.1. The molecule has 0 radical (unpaired) electrons. The maximum absolute atomic E-state index is 12.5. The van der Waals surface area contributed by atoms with E-state index in [1.165, 1.54) is 0 Å². The molecule has 2 atom stereocenters. The van der Waals surface area contributed by atoms with Crippen LogP contribution >= 0.6 is 0 Å². The van der Waals surface area contributed by atoms with Crippen LogP contribution in [-0.2, 0) is 9.16 Å². The lowest BCUT2D eigenvalue weighted by molar-refractivity contribution is 0.0281. The SMILES string of the molecule is CC(C)CNC[C@H]1CN(C(=O)OC(C)(C)C)C[C@H]1CO[Si](C)(C)C(C)(C)C. The quantitative estimate of drug-likeness (QED) is 0.627. The van der Waals surface area contributed by atoms with Crippen LogP contribution in [0.1, 0.15) is 55.4 Å². The van der Waals surface area contributed by atoms with Crippen molar-refractivity contribution in [2.24, 2.45) is 17.8 Å². The zero-order valence-corrected chi connectivity index (χ0v) is 20.4. The summed E-state index contributed by atoms with van der Waals surface area (Å²) < 4.78 is 12.1. The van der Waals surface area contributed by atoms with E-state index in [1.54, 1.807) is 0 Å². The Balaban J connectivity index is 2.75. The van der Waals surface area contributed by atoms with Crippen LogP contribution in [0.2, 0.25) is 18.1 Å². The van der Waals surface area contributed by atoms with Crippen LogP contribution < -0.4 is 5.32 Å². The second-order valence-corrected chi connectivity index (χ2v) is 15.8. The Kier molecular flexibility index (Phi) is 8.39. The minimum atomic E-state index is -1.79. The summed E-state index contributed by atoms with van der Waals surface area (Å²) in [6.45, 7) is 25.7. The Bertz CT molecular complexity index is 481. The summed E-state index contributed by atoms with van der Waals surface area (Å²) in [6.07, 6.45) is -0.203. The van der Waals surface area contributed by atoms with E-state index >= 15 is 0 Å². The monoisotopic (exact) mass is 400 g/mol. The van der Waals surface area contributed by atoms with Crippen molar-refractivity contribution >= 4 is 14.4 Å². The standard InChI is InChI=1S/C21H44N2O3Si/c1-16(2)11-22-12-17-13-23(19(24)26-20(3,4)5)14-18(17)15-25-27(9,10)21(6,7)8/h16-18,22H,11-15H2,1-10H3/t17-,18-/m0/s1. The average Bonchev–Trinajstić information content (AvgIpc) is 2.85. The van der Waals surface area contributed by atoms with Crippen LogP contribution in [0.15, 0.2) is 0 Å². The Morgan fingerprint density at radius 2 is 1.67 bits per heavy atom. The van der Waals surface area contributed by atoms with Crippen LogP contribution in [0.5, 0.6) is 0 Å². The number of carbonyl (C=O) groups is 1. The summed E-state index contributed by atoms with van der Waals surface area (Å²) in [7, 11) is -1.79. The van der Waals surface area contributed by atoms with Crippen LogP contribution in [0, 0.1) is 17.8 Å². The normalized spacial score (nSPS) is 21.8. The first-order valence-corrected chi connectivity index (χ1v) is 13.4. The van der Waals surface area contributed by atoms with Crippen molar-refractivity contribution in [1.82, 2.24) is 10.2 Å². The summed E-state index contributed by atoms with van der Waals surface area (Å²) in [4.78, 5) is 14.4. The number of hydrogen-bond acceptors (Lipinski definition) is 4. The van der Waals surface area contributed by atoms with Crippen molar-refractivity contribution in [3.63, 3.8) is 0 Å². The van der Waals surface area contributed by atoms with E-state index in [-0.39, 0.29) is 11.1 Å². The number of rotatable bonds is 7. The van der Waals surface area contributed by atoms with Crippen molar-refractivity contribution in [2.75, 3.05) is 32.8 Å². The molecule has 0 aromatic rings. The largest absolute Gasteiger partial charge is 0.444 e. The van der Waals surface area contributed by atoms with E-state index in [9.17, 15) is 4.79 Å².